The third kappa shape index (κ3) is 3.41. The van der Waals surface area contributed by atoms with Gasteiger partial charge in [0.25, 0.3) is 0 Å². The summed E-state index contributed by atoms with van der Waals surface area (Å²) < 4.78 is 42.8. The topological polar surface area (TPSA) is 33.0 Å². The summed E-state index contributed by atoms with van der Waals surface area (Å²) in [5.74, 6) is -1.28. The van der Waals surface area contributed by atoms with E-state index < -0.39 is 17.5 Å². The van der Waals surface area contributed by atoms with Crippen molar-refractivity contribution < 1.29 is 17.9 Å². The minimum atomic E-state index is -4.71. The van der Waals surface area contributed by atoms with Gasteiger partial charge in [0.1, 0.15) is 11.6 Å². The summed E-state index contributed by atoms with van der Waals surface area (Å²) in [5, 5.41) is 9.26. The first-order chi connectivity index (χ1) is 8.40. The molecule has 0 amide bonds. The Kier molecular flexibility index (Phi) is 4.62. The molecule has 0 spiro atoms. The number of hydrogen-bond acceptors (Lipinski definition) is 2. The third-order valence-electron chi connectivity index (χ3n) is 2.02. The maximum Gasteiger partial charge on any atom is 0.450 e. The van der Waals surface area contributed by atoms with Crippen LogP contribution in [0.15, 0.2) is 30.0 Å². The number of halogens is 4. The van der Waals surface area contributed by atoms with E-state index in [1.165, 1.54) is 37.3 Å². The molecule has 6 heteroatoms. The van der Waals surface area contributed by atoms with Crippen LogP contribution in [0.4, 0.5) is 13.2 Å². The highest BCUT2D eigenvalue weighted by Crippen LogP contribution is 2.33. The Morgan fingerprint density at radius 2 is 1.89 bits per heavy atom. The molecule has 96 valence electrons. The monoisotopic (exact) mass is 275 g/mol. The van der Waals surface area contributed by atoms with Gasteiger partial charge in [0, 0.05) is 5.02 Å². The van der Waals surface area contributed by atoms with Crippen LogP contribution in [-0.2, 0) is 4.74 Å². The van der Waals surface area contributed by atoms with E-state index in [1.54, 1.807) is 0 Å². The molecule has 0 heterocycles. The summed E-state index contributed by atoms with van der Waals surface area (Å²) in [6, 6.07) is 7.02. The number of rotatable bonds is 3. The molecule has 0 atom stereocenters. The fraction of sp³-hybridized carbons (Fsp3) is 0.250. The zero-order valence-corrected chi connectivity index (χ0v) is 10.1. The third-order valence-corrected chi connectivity index (χ3v) is 2.27. The van der Waals surface area contributed by atoms with Gasteiger partial charge in [-0.05, 0) is 24.6 Å². The van der Waals surface area contributed by atoms with Crippen molar-refractivity contribution in [3.8, 4) is 6.07 Å². The Morgan fingerprint density at radius 1 is 1.33 bits per heavy atom. The van der Waals surface area contributed by atoms with Crippen molar-refractivity contribution in [2.24, 2.45) is 0 Å². The van der Waals surface area contributed by atoms with Crippen LogP contribution in [-0.4, -0.2) is 12.8 Å². The van der Waals surface area contributed by atoms with Crippen molar-refractivity contribution in [3.63, 3.8) is 0 Å². The smallest absolute Gasteiger partial charge is 0.450 e. The predicted octanol–water partition coefficient (Wildman–Crippen LogP) is 4.17. The van der Waals surface area contributed by atoms with Gasteiger partial charge in [-0.25, -0.2) is 0 Å². The van der Waals surface area contributed by atoms with E-state index in [4.69, 9.17) is 16.9 Å². The molecular formula is C12H9ClF3NO. The van der Waals surface area contributed by atoms with Crippen molar-refractivity contribution >= 4 is 17.2 Å². The highest BCUT2D eigenvalue weighted by Gasteiger charge is 2.39. The molecule has 0 fully saturated rings. The lowest BCUT2D eigenvalue weighted by molar-refractivity contribution is -0.128. The fourth-order valence-corrected chi connectivity index (χ4v) is 1.43. The molecular weight excluding hydrogens is 267 g/mol. The summed E-state index contributed by atoms with van der Waals surface area (Å²) in [5.41, 5.74) is -0.441. The Morgan fingerprint density at radius 3 is 2.28 bits per heavy atom. The van der Waals surface area contributed by atoms with Gasteiger partial charge in [-0.15, -0.1) is 0 Å². The summed E-state index contributed by atoms with van der Waals surface area (Å²) in [6.45, 7) is 1.25. The van der Waals surface area contributed by atoms with Gasteiger partial charge in [-0.2, -0.15) is 18.4 Å². The van der Waals surface area contributed by atoms with Gasteiger partial charge in [-0.1, -0.05) is 23.7 Å². The lowest BCUT2D eigenvalue weighted by atomic mass is 10.1. The molecule has 0 aliphatic carbocycles. The molecule has 0 aliphatic rings. The molecule has 0 saturated heterocycles. The van der Waals surface area contributed by atoms with E-state index in [2.05, 4.69) is 4.74 Å². The van der Waals surface area contributed by atoms with Crippen LogP contribution in [0.5, 0.6) is 0 Å². The molecule has 1 aromatic rings. The molecule has 0 N–H and O–H groups in total. The van der Waals surface area contributed by atoms with Gasteiger partial charge in [0.05, 0.1) is 6.61 Å². The standard InChI is InChI=1S/C12H9ClF3NO/c1-2-18-11(12(14,15)16)10(7-17)8-3-5-9(13)6-4-8/h3-6H,2H2,1H3/b11-10-. The van der Waals surface area contributed by atoms with Crippen molar-refractivity contribution in [2.45, 2.75) is 13.1 Å². The summed E-state index contributed by atoms with van der Waals surface area (Å²) in [4.78, 5) is 0. The highest BCUT2D eigenvalue weighted by molar-refractivity contribution is 6.30. The first kappa shape index (κ1) is 14.4. The number of ether oxygens (including phenoxy) is 1. The average Bonchev–Trinajstić information content (AvgIpc) is 2.30. The quantitative estimate of drug-likeness (QED) is 0.612. The predicted molar refractivity (Wildman–Crippen MR) is 61.7 cm³/mol. The van der Waals surface area contributed by atoms with Crippen LogP contribution in [0.3, 0.4) is 0 Å². The lowest BCUT2D eigenvalue weighted by Crippen LogP contribution is -2.16. The number of allylic oxidation sites excluding steroid dienone is 2. The van der Waals surface area contributed by atoms with E-state index in [0.717, 1.165) is 0 Å². The SMILES string of the molecule is CCO/C(=C(/C#N)c1ccc(Cl)cc1)C(F)(F)F. The summed E-state index contributed by atoms with van der Waals surface area (Å²) in [7, 11) is 0. The number of hydrogen-bond donors (Lipinski definition) is 0. The van der Waals surface area contributed by atoms with E-state index in [9.17, 15) is 13.2 Å². The molecule has 0 radical (unpaired) electrons. The van der Waals surface area contributed by atoms with Crippen LogP contribution in [0.2, 0.25) is 5.02 Å². The second kappa shape index (κ2) is 5.78. The van der Waals surface area contributed by atoms with Crippen LogP contribution < -0.4 is 0 Å². The molecule has 0 aliphatic heterocycles. The summed E-state index contributed by atoms with van der Waals surface area (Å²) in [6.07, 6.45) is -4.71. The molecule has 1 rings (SSSR count). The van der Waals surface area contributed by atoms with Gasteiger partial charge in [-0.3, -0.25) is 0 Å². The van der Waals surface area contributed by atoms with Crippen molar-refractivity contribution in [1.82, 2.24) is 0 Å². The van der Waals surface area contributed by atoms with Crippen LogP contribution in [0.25, 0.3) is 5.57 Å². The molecule has 0 unspecified atom stereocenters. The molecule has 18 heavy (non-hydrogen) atoms. The number of nitrogens with zero attached hydrogens (tertiary/aromatic N) is 1. The molecule has 1 aromatic carbocycles. The Hall–Kier alpha value is -1.67. The number of alkyl halides is 3. The first-order valence-electron chi connectivity index (χ1n) is 5.00. The van der Waals surface area contributed by atoms with E-state index in [0.29, 0.717) is 5.02 Å². The fourth-order valence-electron chi connectivity index (χ4n) is 1.30. The zero-order chi connectivity index (χ0) is 13.8. The Balaban J connectivity index is 3.36. The van der Waals surface area contributed by atoms with E-state index in [1.807, 2.05) is 0 Å². The minimum absolute atomic E-state index is 0.114. The normalized spacial score (nSPS) is 12.7. The van der Waals surface area contributed by atoms with Crippen molar-refractivity contribution in [2.75, 3.05) is 6.61 Å². The zero-order valence-electron chi connectivity index (χ0n) is 9.38. The average molecular weight is 276 g/mol. The Labute approximate surface area is 107 Å². The minimum Gasteiger partial charge on any atom is -0.488 e. The second-order valence-electron chi connectivity index (χ2n) is 3.25. The molecule has 0 bridgehead atoms. The maximum absolute atomic E-state index is 12.7. The van der Waals surface area contributed by atoms with E-state index in [-0.39, 0.29) is 12.2 Å². The molecule has 0 aromatic heterocycles. The highest BCUT2D eigenvalue weighted by atomic mass is 35.5. The van der Waals surface area contributed by atoms with Gasteiger partial charge >= 0.3 is 6.18 Å². The maximum atomic E-state index is 12.7. The van der Waals surface area contributed by atoms with Crippen LogP contribution >= 0.6 is 11.6 Å². The van der Waals surface area contributed by atoms with Gasteiger partial charge < -0.3 is 4.74 Å². The van der Waals surface area contributed by atoms with Crippen LogP contribution in [0, 0.1) is 11.3 Å². The summed E-state index contributed by atoms with van der Waals surface area (Å²) >= 11 is 5.64. The van der Waals surface area contributed by atoms with Crippen molar-refractivity contribution in [1.29, 1.82) is 5.26 Å². The molecule has 2 nitrogen and oxygen atoms in total. The number of nitriles is 1. The van der Waals surface area contributed by atoms with Gasteiger partial charge in [0.2, 0.25) is 5.76 Å². The van der Waals surface area contributed by atoms with Crippen molar-refractivity contribution in [3.05, 3.63) is 40.6 Å². The second-order valence-corrected chi connectivity index (χ2v) is 3.69. The largest absolute Gasteiger partial charge is 0.488 e. The molecule has 0 saturated carbocycles. The lowest BCUT2D eigenvalue weighted by Gasteiger charge is -2.14. The van der Waals surface area contributed by atoms with Crippen LogP contribution in [0.1, 0.15) is 12.5 Å². The Bertz CT molecular complexity index is 486. The first-order valence-corrected chi connectivity index (χ1v) is 5.38. The number of benzene rings is 1. The van der Waals surface area contributed by atoms with Gasteiger partial charge in [0.15, 0.2) is 0 Å². The van der Waals surface area contributed by atoms with E-state index >= 15 is 0 Å².